The lowest BCUT2D eigenvalue weighted by atomic mass is 9.62. The molecule has 6 atom stereocenters. The number of carbonyl (C=O) groups is 3. The number of hydrogen-bond donors (Lipinski definition) is 3. The molecule has 2 aromatic rings. The third-order valence-corrected chi connectivity index (χ3v) is 8.66. The highest BCUT2D eigenvalue weighted by molar-refractivity contribution is 6.33. The molecule has 0 aliphatic carbocycles. The topological polar surface area (TPSA) is 108 Å². The lowest BCUT2D eigenvalue weighted by Gasteiger charge is -2.36. The SMILES string of the molecule is CC1CC23O[C@]1(C)[C@@H](C(=O)Nc1ccccc1)[C@H]2C(=O)N(CCCCO)C3C(=O)Nc1ccccc1Cl. The van der Waals surface area contributed by atoms with Crippen molar-refractivity contribution in [2.45, 2.75) is 50.4 Å². The van der Waals surface area contributed by atoms with E-state index in [4.69, 9.17) is 16.3 Å². The van der Waals surface area contributed by atoms with E-state index in [1.54, 1.807) is 41.3 Å². The smallest absolute Gasteiger partial charge is 0.250 e. The summed E-state index contributed by atoms with van der Waals surface area (Å²) in [5.74, 6) is -2.57. The van der Waals surface area contributed by atoms with Crippen molar-refractivity contribution in [1.82, 2.24) is 4.90 Å². The summed E-state index contributed by atoms with van der Waals surface area (Å²) in [6, 6.07) is 15.1. The third kappa shape index (κ3) is 4.11. The molecule has 5 rings (SSSR count). The molecule has 0 aromatic heterocycles. The van der Waals surface area contributed by atoms with Crippen LogP contribution in [0.3, 0.4) is 0 Å². The maximum absolute atomic E-state index is 14.0. The lowest BCUT2D eigenvalue weighted by molar-refractivity contribution is -0.144. The zero-order valence-electron chi connectivity index (χ0n) is 20.9. The summed E-state index contributed by atoms with van der Waals surface area (Å²) in [6.45, 7) is 4.16. The minimum absolute atomic E-state index is 0.0131. The van der Waals surface area contributed by atoms with Gasteiger partial charge in [-0.25, -0.2) is 0 Å². The van der Waals surface area contributed by atoms with E-state index in [9.17, 15) is 19.5 Å². The number of unbranched alkanes of at least 4 members (excludes halogenated alkanes) is 1. The standard InChI is InChI=1S/C28H32ClN3O5/c1-17-16-28-22(21(27(17,2)37-28)24(34)30-18-10-4-3-5-11-18)26(36)32(14-8-9-15-33)23(28)25(35)31-20-13-7-6-12-19(20)29/h3-7,10-13,17,21-23,33H,8-9,14-16H2,1-2H3,(H,30,34)(H,31,35)/t17?,21-,22+,23?,27+,28?/m1/s1. The lowest BCUT2D eigenvalue weighted by Crippen LogP contribution is -2.54. The Morgan fingerprint density at radius 2 is 1.78 bits per heavy atom. The molecular weight excluding hydrogens is 494 g/mol. The fourth-order valence-corrected chi connectivity index (χ4v) is 6.76. The molecule has 3 aliphatic rings. The van der Waals surface area contributed by atoms with Gasteiger partial charge >= 0.3 is 0 Å². The van der Waals surface area contributed by atoms with Crippen LogP contribution in [0.1, 0.15) is 33.1 Å². The Kier molecular flexibility index (Phi) is 6.77. The molecule has 3 saturated heterocycles. The van der Waals surface area contributed by atoms with Gasteiger partial charge < -0.3 is 25.4 Å². The molecular formula is C28H32ClN3O5. The van der Waals surface area contributed by atoms with Gasteiger partial charge in [-0.1, -0.05) is 48.9 Å². The summed E-state index contributed by atoms with van der Waals surface area (Å²) in [6.07, 6.45) is 1.49. The highest BCUT2D eigenvalue weighted by atomic mass is 35.5. The van der Waals surface area contributed by atoms with Gasteiger partial charge in [0.25, 0.3) is 0 Å². The van der Waals surface area contributed by atoms with Crippen LogP contribution in [0.4, 0.5) is 11.4 Å². The summed E-state index contributed by atoms with van der Waals surface area (Å²) >= 11 is 6.31. The summed E-state index contributed by atoms with van der Waals surface area (Å²) in [7, 11) is 0. The van der Waals surface area contributed by atoms with Crippen LogP contribution in [0.5, 0.6) is 0 Å². The van der Waals surface area contributed by atoms with Gasteiger partial charge in [0.2, 0.25) is 17.7 Å². The van der Waals surface area contributed by atoms with Crippen molar-refractivity contribution < 1.29 is 24.2 Å². The molecule has 3 fully saturated rings. The third-order valence-electron chi connectivity index (χ3n) is 8.33. The van der Waals surface area contributed by atoms with Crippen LogP contribution in [-0.2, 0) is 19.1 Å². The first-order chi connectivity index (χ1) is 17.7. The number of ether oxygens (including phenoxy) is 1. The van der Waals surface area contributed by atoms with E-state index in [1.807, 2.05) is 32.0 Å². The van der Waals surface area contributed by atoms with Crippen LogP contribution in [0.2, 0.25) is 5.02 Å². The van der Waals surface area contributed by atoms with Crippen LogP contribution in [0.25, 0.3) is 0 Å². The minimum Gasteiger partial charge on any atom is -0.396 e. The molecule has 37 heavy (non-hydrogen) atoms. The van der Waals surface area contributed by atoms with Gasteiger partial charge in [-0.3, -0.25) is 14.4 Å². The van der Waals surface area contributed by atoms with Crippen LogP contribution >= 0.6 is 11.6 Å². The molecule has 9 heteroatoms. The van der Waals surface area contributed by atoms with Gasteiger partial charge in [0, 0.05) is 18.8 Å². The normalized spacial score (nSPS) is 31.9. The van der Waals surface area contributed by atoms with Crippen LogP contribution in [0.15, 0.2) is 54.6 Å². The molecule has 3 N–H and O–H groups in total. The van der Waals surface area contributed by atoms with Gasteiger partial charge in [0.05, 0.1) is 28.1 Å². The van der Waals surface area contributed by atoms with Gasteiger partial charge in [0.1, 0.15) is 11.6 Å². The molecule has 8 nitrogen and oxygen atoms in total. The van der Waals surface area contributed by atoms with E-state index in [-0.39, 0.29) is 30.9 Å². The number of carbonyl (C=O) groups excluding carboxylic acids is 3. The van der Waals surface area contributed by atoms with Crippen molar-refractivity contribution >= 4 is 40.7 Å². The Bertz CT molecular complexity index is 1210. The molecule has 196 valence electrons. The number of hydrogen-bond acceptors (Lipinski definition) is 5. The Morgan fingerprint density at radius 3 is 2.49 bits per heavy atom. The van der Waals surface area contributed by atoms with E-state index in [0.717, 1.165) is 0 Å². The number of fused-ring (bicyclic) bond motifs is 1. The largest absolute Gasteiger partial charge is 0.396 e. The van der Waals surface area contributed by atoms with E-state index in [2.05, 4.69) is 10.6 Å². The average molecular weight is 526 g/mol. The average Bonchev–Trinajstić information content (AvgIpc) is 3.38. The van der Waals surface area contributed by atoms with Crippen molar-refractivity contribution in [2.24, 2.45) is 17.8 Å². The Labute approximate surface area is 221 Å². The van der Waals surface area contributed by atoms with E-state index < -0.39 is 35.0 Å². The number of anilines is 2. The maximum Gasteiger partial charge on any atom is 0.250 e. The monoisotopic (exact) mass is 525 g/mol. The van der Waals surface area contributed by atoms with E-state index in [0.29, 0.717) is 35.7 Å². The van der Waals surface area contributed by atoms with Crippen LogP contribution in [-0.4, -0.2) is 58.1 Å². The number of aliphatic hydroxyl groups is 1. The Morgan fingerprint density at radius 1 is 1.08 bits per heavy atom. The molecule has 0 radical (unpaired) electrons. The molecule has 1 spiro atoms. The summed E-state index contributed by atoms with van der Waals surface area (Å²) < 4.78 is 6.70. The van der Waals surface area contributed by atoms with Gasteiger partial charge in [-0.15, -0.1) is 0 Å². The van der Waals surface area contributed by atoms with Crippen molar-refractivity contribution in [3.05, 3.63) is 59.6 Å². The highest BCUT2D eigenvalue weighted by Crippen LogP contribution is 2.65. The van der Waals surface area contributed by atoms with E-state index >= 15 is 0 Å². The molecule has 3 heterocycles. The van der Waals surface area contributed by atoms with Gasteiger partial charge in [-0.2, -0.15) is 0 Å². The fraction of sp³-hybridized carbons (Fsp3) is 0.464. The van der Waals surface area contributed by atoms with E-state index in [1.165, 1.54) is 0 Å². The number of rotatable bonds is 8. The number of amides is 3. The molecule has 0 saturated carbocycles. The highest BCUT2D eigenvalue weighted by Gasteiger charge is 2.79. The first-order valence-corrected chi connectivity index (χ1v) is 13.1. The second-order valence-corrected chi connectivity index (χ2v) is 10.9. The second-order valence-electron chi connectivity index (χ2n) is 10.5. The maximum atomic E-state index is 14.0. The number of benzene rings is 2. The van der Waals surface area contributed by atoms with Crippen LogP contribution in [0, 0.1) is 17.8 Å². The number of para-hydroxylation sites is 2. The zero-order valence-corrected chi connectivity index (χ0v) is 21.7. The Hall–Kier alpha value is -2.94. The predicted octanol–water partition coefficient (Wildman–Crippen LogP) is 3.70. The molecule has 3 unspecified atom stereocenters. The van der Waals surface area contributed by atoms with Gasteiger partial charge in [0.15, 0.2) is 0 Å². The molecule has 2 aromatic carbocycles. The first kappa shape index (κ1) is 25.7. The van der Waals surface area contributed by atoms with Gasteiger partial charge in [-0.05, 0) is 56.4 Å². The number of aliphatic hydroxyl groups excluding tert-OH is 1. The summed E-state index contributed by atoms with van der Waals surface area (Å²) in [5.41, 5.74) is -0.964. The first-order valence-electron chi connectivity index (χ1n) is 12.8. The number of halogens is 1. The molecule has 3 amide bonds. The minimum atomic E-state index is -1.14. The van der Waals surface area contributed by atoms with Crippen molar-refractivity contribution in [3.8, 4) is 0 Å². The molecule has 3 aliphatic heterocycles. The predicted molar refractivity (Wildman–Crippen MR) is 140 cm³/mol. The summed E-state index contributed by atoms with van der Waals surface area (Å²) in [4.78, 5) is 43.1. The zero-order chi connectivity index (χ0) is 26.4. The number of nitrogens with one attached hydrogen (secondary N) is 2. The summed E-state index contributed by atoms with van der Waals surface area (Å²) in [5, 5.41) is 15.6. The second kappa shape index (κ2) is 9.74. The quantitative estimate of drug-likeness (QED) is 0.455. The van der Waals surface area contributed by atoms with Crippen molar-refractivity contribution in [3.63, 3.8) is 0 Å². The Balaban J connectivity index is 1.52. The van der Waals surface area contributed by atoms with Crippen LogP contribution < -0.4 is 10.6 Å². The van der Waals surface area contributed by atoms with Crippen molar-refractivity contribution in [2.75, 3.05) is 23.8 Å². The number of likely N-dealkylation sites (tertiary alicyclic amines) is 1. The van der Waals surface area contributed by atoms with Crippen molar-refractivity contribution in [1.29, 1.82) is 0 Å². The fourth-order valence-electron chi connectivity index (χ4n) is 6.58. The molecule has 2 bridgehead atoms. The number of nitrogens with zero attached hydrogens (tertiary/aromatic N) is 1.